The van der Waals surface area contributed by atoms with Crippen molar-refractivity contribution in [3.8, 4) is 11.5 Å². The SMILES string of the molecule is CCOc1ccccc1CCC(C)(C)NCC(O)c1ccc(OCc2ccccc2)cc1. The average Bonchev–Trinajstić information content (AvgIpc) is 2.82. The van der Waals surface area contributed by atoms with E-state index in [1.54, 1.807) is 0 Å². The predicted molar refractivity (Wildman–Crippen MR) is 130 cm³/mol. The molecule has 0 aliphatic heterocycles. The number of nitrogens with one attached hydrogen (secondary N) is 1. The Hall–Kier alpha value is -2.82. The minimum atomic E-state index is -0.576. The monoisotopic (exact) mass is 433 g/mol. The summed E-state index contributed by atoms with van der Waals surface area (Å²) in [6.07, 6.45) is 1.28. The van der Waals surface area contributed by atoms with Crippen LogP contribution in [0.5, 0.6) is 11.5 Å². The fourth-order valence-electron chi connectivity index (χ4n) is 3.56. The Morgan fingerprint density at radius 1 is 0.875 bits per heavy atom. The van der Waals surface area contributed by atoms with E-state index in [2.05, 4.69) is 31.3 Å². The predicted octanol–water partition coefficient (Wildman–Crippen LogP) is 5.70. The maximum absolute atomic E-state index is 10.7. The van der Waals surface area contributed by atoms with Crippen LogP contribution in [0.4, 0.5) is 0 Å². The van der Waals surface area contributed by atoms with Crippen LogP contribution in [0.25, 0.3) is 0 Å². The van der Waals surface area contributed by atoms with Crippen LogP contribution in [0.15, 0.2) is 78.9 Å². The third kappa shape index (κ3) is 7.40. The van der Waals surface area contributed by atoms with Crippen molar-refractivity contribution >= 4 is 0 Å². The quantitative estimate of drug-likeness (QED) is 0.385. The molecular formula is C28H35NO3. The highest BCUT2D eigenvalue weighted by molar-refractivity contribution is 5.33. The molecule has 0 bridgehead atoms. The van der Waals surface area contributed by atoms with Gasteiger partial charge in [-0.1, -0.05) is 60.7 Å². The number of hydrogen-bond donors (Lipinski definition) is 2. The number of rotatable bonds is 12. The molecule has 0 fully saturated rings. The molecule has 4 nitrogen and oxygen atoms in total. The highest BCUT2D eigenvalue weighted by Gasteiger charge is 2.20. The minimum absolute atomic E-state index is 0.112. The molecule has 170 valence electrons. The molecule has 3 rings (SSSR count). The molecule has 3 aromatic rings. The number of benzene rings is 3. The Bertz CT molecular complexity index is 938. The van der Waals surface area contributed by atoms with Gasteiger partial charge in [-0.3, -0.25) is 0 Å². The van der Waals surface area contributed by atoms with Gasteiger partial charge in [-0.15, -0.1) is 0 Å². The number of para-hydroxylation sites is 1. The molecule has 32 heavy (non-hydrogen) atoms. The number of β-amino-alcohol motifs (C(OH)–C–C–N with tert-alkyl or cyclic N) is 1. The Morgan fingerprint density at radius 3 is 2.28 bits per heavy atom. The number of ether oxygens (including phenoxy) is 2. The summed E-state index contributed by atoms with van der Waals surface area (Å²) in [5, 5.41) is 14.2. The molecule has 0 radical (unpaired) electrons. The lowest BCUT2D eigenvalue weighted by Crippen LogP contribution is -2.42. The van der Waals surface area contributed by atoms with Crippen LogP contribution in [0, 0.1) is 0 Å². The summed E-state index contributed by atoms with van der Waals surface area (Å²) >= 11 is 0. The molecule has 0 saturated heterocycles. The largest absolute Gasteiger partial charge is 0.494 e. The van der Waals surface area contributed by atoms with Crippen LogP contribution < -0.4 is 14.8 Å². The molecular weight excluding hydrogens is 398 g/mol. The first-order valence-corrected chi connectivity index (χ1v) is 11.4. The van der Waals surface area contributed by atoms with Crippen LogP contribution in [0.2, 0.25) is 0 Å². The molecule has 3 aromatic carbocycles. The summed E-state index contributed by atoms with van der Waals surface area (Å²) in [4.78, 5) is 0. The second kappa shape index (κ2) is 11.7. The van der Waals surface area contributed by atoms with Gasteiger partial charge in [-0.2, -0.15) is 0 Å². The lowest BCUT2D eigenvalue weighted by molar-refractivity contribution is 0.159. The molecule has 0 heterocycles. The van der Waals surface area contributed by atoms with Gasteiger partial charge < -0.3 is 19.9 Å². The zero-order valence-electron chi connectivity index (χ0n) is 19.4. The summed E-state index contributed by atoms with van der Waals surface area (Å²) in [7, 11) is 0. The summed E-state index contributed by atoms with van der Waals surface area (Å²) in [6.45, 7) is 8.04. The van der Waals surface area contributed by atoms with Gasteiger partial charge in [-0.05, 0) is 68.5 Å². The van der Waals surface area contributed by atoms with E-state index in [0.29, 0.717) is 19.8 Å². The van der Waals surface area contributed by atoms with E-state index in [0.717, 1.165) is 35.5 Å². The van der Waals surface area contributed by atoms with E-state index < -0.39 is 6.10 Å². The van der Waals surface area contributed by atoms with Crippen LogP contribution in [-0.2, 0) is 13.0 Å². The van der Waals surface area contributed by atoms with Crippen LogP contribution >= 0.6 is 0 Å². The molecule has 0 spiro atoms. The van der Waals surface area contributed by atoms with Crippen LogP contribution in [0.1, 0.15) is 50.0 Å². The topological polar surface area (TPSA) is 50.7 Å². The molecule has 0 saturated carbocycles. The highest BCUT2D eigenvalue weighted by Crippen LogP contribution is 2.23. The van der Waals surface area contributed by atoms with Crippen LogP contribution in [0.3, 0.4) is 0 Å². The van der Waals surface area contributed by atoms with Gasteiger partial charge in [0.05, 0.1) is 12.7 Å². The molecule has 0 aromatic heterocycles. The third-order valence-electron chi connectivity index (χ3n) is 5.58. The smallest absolute Gasteiger partial charge is 0.122 e. The lowest BCUT2D eigenvalue weighted by Gasteiger charge is -2.28. The fourth-order valence-corrected chi connectivity index (χ4v) is 3.56. The van der Waals surface area contributed by atoms with Crippen molar-refractivity contribution in [3.63, 3.8) is 0 Å². The van der Waals surface area contributed by atoms with Crippen LogP contribution in [-0.4, -0.2) is 23.8 Å². The summed E-state index contributed by atoms with van der Waals surface area (Å²) in [6, 6.07) is 26.0. The number of hydrogen-bond acceptors (Lipinski definition) is 4. The Balaban J connectivity index is 1.47. The van der Waals surface area contributed by atoms with E-state index in [1.807, 2.05) is 73.7 Å². The van der Waals surface area contributed by atoms with Gasteiger partial charge in [0.25, 0.3) is 0 Å². The lowest BCUT2D eigenvalue weighted by atomic mass is 9.94. The van der Waals surface area contributed by atoms with Crippen molar-refractivity contribution in [1.82, 2.24) is 5.32 Å². The fraction of sp³-hybridized carbons (Fsp3) is 0.357. The molecule has 1 atom stereocenters. The summed E-state index contributed by atoms with van der Waals surface area (Å²) in [5.41, 5.74) is 3.11. The first kappa shape index (κ1) is 23.8. The molecule has 0 aliphatic carbocycles. The Morgan fingerprint density at radius 2 is 1.56 bits per heavy atom. The van der Waals surface area contributed by atoms with Gasteiger partial charge in [0.2, 0.25) is 0 Å². The van der Waals surface area contributed by atoms with E-state index in [1.165, 1.54) is 5.56 Å². The van der Waals surface area contributed by atoms with Crippen molar-refractivity contribution in [3.05, 3.63) is 95.6 Å². The van der Waals surface area contributed by atoms with Gasteiger partial charge in [0.1, 0.15) is 18.1 Å². The highest BCUT2D eigenvalue weighted by atomic mass is 16.5. The number of aliphatic hydroxyl groups excluding tert-OH is 1. The zero-order valence-corrected chi connectivity index (χ0v) is 19.4. The van der Waals surface area contributed by atoms with Gasteiger partial charge >= 0.3 is 0 Å². The van der Waals surface area contributed by atoms with E-state index in [4.69, 9.17) is 9.47 Å². The van der Waals surface area contributed by atoms with Crippen molar-refractivity contribution in [2.45, 2.75) is 51.9 Å². The molecule has 2 N–H and O–H groups in total. The standard InChI is InChI=1S/C28H35NO3/c1-4-31-27-13-9-8-12-24(27)18-19-28(2,3)29-20-26(30)23-14-16-25(17-15-23)32-21-22-10-6-5-7-11-22/h5-17,26,29-30H,4,18-21H2,1-3H3. The summed E-state index contributed by atoms with van der Waals surface area (Å²) < 4.78 is 11.6. The minimum Gasteiger partial charge on any atom is -0.494 e. The maximum Gasteiger partial charge on any atom is 0.122 e. The normalized spacial score (nSPS) is 12.4. The molecule has 0 amide bonds. The zero-order chi connectivity index (χ0) is 22.8. The second-order valence-corrected chi connectivity index (χ2v) is 8.66. The number of aryl methyl sites for hydroxylation is 1. The Labute approximate surface area is 192 Å². The van der Waals surface area contributed by atoms with Gasteiger partial charge in [-0.25, -0.2) is 0 Å². The molecule has 1 unspecified atom stereocenters. The first-order valence-electron chi connectivity index (χ1n) is 11.4. The maximum atomic E-state index is 10.7. The summed E-state index contributed by atoms with van der Waals surface area (Å²) in [5.74, 6) is 1.76. The van der Waals surface area contributed by atoms with Gasteiger partial charge in [0, 0.05) is 12.1 Å². The van der Waals surface area contributed by atoms with Crippen molar-refractivity contribution < 1.29 is 14.6 Å². The van der Waals surface area contributed by atoms with Gasteiger partial charge in [0.15, 0.2) is 0 Å². The number of aliphatic hydroxyl groups is 1. The average molecular weight is 434 g/mol. The van der Waals surface area contributed by atoms with Crippen molar-refractivity contribution in [2.24, 2.45) is 0 Å². The Kier molecular flexibility index (Phi) is 8.72. The van der Waals surface area contributed by atoms with E-state index in [-0.39, 0.29) is 5.54 Å². The molecule has 0 aliphatic rings. The van der Waals surface area contributed by atoms with Crippen molar-refractivity contribution in [1.29, 1.82) is 0 Å². The molecule has 4 heteroatoms. The third-order valence-corrected chi connectivity index (χ3v) is 5.58. The van der Waals surface area contributed by atoms with Crippen molar-refractivity contribution in [2.75, 3.05) is 13.2 Å². The van der Waals surface area contributed by atoms with E-state index in [9.17, 15) is 5.11 Å². The van der Waals surface area contributed by atoms with E-state index >= 15 is 0 Å². The first-order chi connectivity index (χ1) is 15.5. The second-order valence-electron chi connectivity index (χ2n) is 8.66.